The van der Waals surface area contributed by atoms with E-state index in [-0.39, 0.29) is 22.6 Å². The Morgan fingerprint density at radius 3 is 2.65 bits per heavy atom. The molecule has 0 bridgehead atoms. The number of hydrogen-bond donors (Lipinski definition) is 1. The standard InChI is InChI=1S/C15H23N3O4S/c1-11-10-16-7-8-18(11)15(19)12-5-6-13(22-4)14(9-12)23(20,21)17(2)3/h5-6,9,11,16H,7-8,10H2,1-4H3/t11-/m1/s1. The van der Waals surface area contributed by atoms with E-state index >= 15 is 0 Å². The van der Waals surface area contributed by atoms with Crippen molar-refractivity contribution in [1.82, 2.24) is 14.5 Å². The Morgan fingerprint density at radius 2 is 2.09 bits per heavy atom. The third-order valence-corrected chi connectivity index (χ3v) is 5.77. The molecule has 1 heterocycles. The number of sulfonamides is 1. The first-order valence-electron chi connectivity index (χ1n) is 7.41. The Hall–Kier alpha value is -1.64. The van der Waals surface area contributed by atoms with Crippen molar-refractivity contribution >= 4 is 15.9 Å². The number of carbonyl (C=O) groups is 1. The highest BCUT2D eigenvalue weighted by molar-refractivity contribution is 7.89. The number of nitrogens with one attached hydrogen (secondary N) is 1. The van der Waals surface area contributed by atoms with E-state index in [2.05, 4.69) is 5.32 Å². The normalized spacial score (nSPS) is 19.0. The Morgan fingerprint density at radius 1 is 1.39 bits per heavy atom. The molecule has 1 atom stereocenters. The molecule has 1 fully saturated rings. The van der Waals surface area contributed by atoms with Crippen molar-refractivity contribution in [3.05, 3.63) is 23.8 Å². The van der Waals surface area contributed by atoms with Crippen molar-refractivity contribution in [3.8, 4) is 5.75 Å². The maximum absolute atomic E-state index is 12.7. The molecule has 0 radical (unpaired) electrons. The van der Waals surface area contributed by atoms with Crippen LogP contribution in [0.15, 0.2) is 23.1 Å². The summed E-state index contributed by atoms with van der Waals surface area (Å²) in [6, 6.07) is 4.58. The Labute approximate surface area is 137 Å². The van der Waals surface area contributed by atoms with E-state index in [1.165, 1.54) is 33.3 Å². The smallest absolute Gasteiger partial charge is 0.254 e. The monoisotopic (exact) mass is 341 g/mol. The Kier molecular flexibility index (Phi) is 5.28. The molecule has 1 aromatic carbocycles. The largest absolute Gasteiger partial charge is 0.495 e. The molecule has 1 aliphatic heterocycles. The molecule has 1 aliphatic rings. The fourth-order valence-electron chi connectivity index (χ4n) is 2.52. The summed E-state index contributed by atoms with van der Waals surface area (Å²) in [5, 5.41) is 3.22. The van der Waals surface area contributed by atoms with Crippen LogP contribution >= 0.6 is 0 Å². The summed E-state index contributed by atoms with van der Waals surface area (Å²) < 4.78 is 31.1. The highest BCUT2D eigenvalue weighted by Crippen LogP contribution is 2.27. The summed E-state index contributed by atoms with van der Waals surface area (Å²) in [5.74, 6) is 0.0560. The van der Waals surface area contributed by atoms with Crippen molar-refractivity contribution in [2.75, 3.05) is 40.8 Å². The lowest BCUT2D eigenvalue weighted by Gasteiger charge is -2.34. The molecule has 0 spiro atoms. The number of benzene rings is 1. The van der Waals surface area contributed by atoms with E-state index in [4.69, 9.17) is 4.74 Å². The molecule has 1 saturated heterocycles. The quantitative estimate of drug-likeness (QED) is 0.856. The van der Waals surface area contributed by atoms with Crippen LogP contribution in [0.5, 0.6) is 5.75 Å². The first-order valence-corrected chi connectivity index (χ1v) is 8.85. The van der Waals surface area contributed by atoms with Gasteiger partial charge in [0.2, 0.25) is 10.0 Å². The van der Waals surface area contributed by atoms with Crippen molar-refractivity contribution in [1.29, 1.82) is 0 Å². The summed E-state index contributed by atoms with van der Waals surface area (Å²) in [4.78, 5) is 14.5. The van der Waals surface area contributed by atoms with Gasteiger partial charge in [-0.3, -0.25) is 4.79 Å². The predicted octanol–water partition coefficient (Wildman–Crippen LogP) is 0.379. The van der Waals surface area contributed by atoms with Gasteiger partial charge in [-0.15, -0.1) is 0 Å². The molecular weight excluding hydrogens is 318 g/mol. The van der Waals surface area contributed by atoms with Crippen LogP contribution in [-0.4, -0.2) is 70.4 Å². The van der Waals surface area contributed by atoms with Gasteiger partial charge in [-0.2, -0.15) is 0 Å². The van der Waals surface area contributed by atoms with Gasteiger partial charge in [0.1, 0.15) is 10.6 Å². The molecule has 0 aromatic heterocycles. The van der Waals surface area contributed by atoms with Crippen LogP contribution in [0.2, 0.25) is 0 Å². The minimum atomic E-state index is -3.69. The number of nitrogens with zero attached hydrogens (tertiary/aromatic N) is 2. The number of piperazine rings is 1. The summed E-state index contributed by atoms with van der Waals surface area (Å²) in [6.07, 6.45) is 0. The van der Waals surface area contributed by atoms with Crippen LogP contribution in [0, 0.1) is 0 Å². The van der Waals surface area contributed by atoms with E-state index in [0.717, 1.165) is 17.4 Å². The molecule has 7 nitrogen and oxygen atoms in total. The number of amides is 1. The SMILES string of the molecule is COc1ccc(C(=O)N2CCNC[C@H]2C)cc1S(=O)(=O)N(C)C. The average molecular weight is 341 g/mol. The van der Waals surface area contributed by atoms with Gasteiger partial charge >= 0.3 is 0 Å². The van der Waals surface area contributed by atoms with Gasteiger partial charge in [0, 0.05) is 45.3 Å². The topological polar surface area (TPSA) is 79.0 Å². The third kappa shape index (κ3) is 3.49. The number of carbonyl (C=O) groups excluding carboxylic acids is 1. The maximum Gasteiger partial charge on any atom is 0.254 e. The molecule has 2 rings (SSSR count). The second-order valence-electron chi connectivity index (χ2n) is 5.70. The Bertz CT molecular complexity index is 688. The lowest BCUT2D eigenvalue weighted by Crippen LogP contribution is -2.52. The second-order valence-corrected chi connectivity index (χ2v) is 7.83. The summed E-state index contributed by atoms with van der Waals surface area (Å²) in [6.45, 7) is 4.02. The lowest BCUT2D eigenvalue weighted by molar-refractivity contribution is 0.0655. The van der Waals surface area contributed by atoms with Crippen LogP contribution < -0.4 is 10.1 Å². The fourth-order valence-corrected chi connectivity index (χ4v) is 3.59. The summed E-state index contributed by atoms with van der Waals surface area (Å²) in [7, 11) is 0.604. The molecule has 1 amide bonds. The number of hydrogen-bond acceptors (Lipinski definition) is 5. The van der Waals surface area contributed by atoms with Crippen LogP contribution in [0.4, 0.5) is 0 Å². The third-order valence-electron chi connectivity index (χ3n) is 3.93. The molecular formula is C15H23N3O4S. The number of methoxy groups -OCH3 is 1. The zero-order valence-corrected chi connectivity index (χ0v) is 14.7. The second kappa shape index (κ2) is 6.86. The highest BCUT2D eigenvalue weighted by Gasteiger charge is 2.27. The lowest BCUT2D eigenvalue weighted by atomic mass is 10.1. The summed E-state index contributed by atoms with van der Waals surface area (Å²) >= 11 is 0. The van der Waals surface area contributed by atoms with Gasteiger partial charge in [0.15, 0.2) is 0 Å². The van der Waals surface area contributed by atoms with Crippen molar-refractivity contribution in [3.63, 3.8) is 0 Å². The van der Waals surface area contributed by atoms with Gasteiger partial charge in [-0.05, 0) is 25.1 Å². The van der Waals surface area contributed by atoms with Gasteiger partial charge in [0.25, 0.3) is 5.91 Å². The number of rotatable bonds is 4. The van der Waals surface area contributed by atoms with Crippen LogP contribution in [0.1, 0.15) is 17.3 Å². The molecule has 8 heteroatoms. The van der Waals surface area contributed by atoms with E-state index < -0.39 is 10.0 Å². The van der Waals surface area contributed by atoms with Crippen molar-refractivity contribution < 1.29 is 17.9 Å². The first kappa shape index (κ1) is 17.7. The average Bonchev–Trinajstić information content (AvgIpc) is 2.53. The maximum atomic E-state index is 12.7. The summed E-state index contributed by atoms with van der Waals surface area (Å²) in [5.41, 5.74) is 0.347. The molecule has 1 aromatic rings. The van der Waals surface area contributed by atoms with E-state index in [1.54, 1.807) is 11.0 Å². The first-order chi connectivity index (χ1) is 10.8. The molecule has 0 saturated carbocycles. The molecule has 0 unspecified atom stereocenters. The van der Waals surface area contributed by atoms with Gasteiger partial charge < -0.3 is 15.0 Å². The minimum absolute atomic E-state index is 0.00126. The fraction of sp³-hybridized carbons (Fsp3) is 0.533. The van der Waals surface area contributed by atoms with Crippen LogP contribution in [0.25, 0.3) is 0 Å². The molecule has 0 aliphatic carbocycles. The van der Waals surface area contributed by atoms with Crippen LogP contribution in [-0.2, 0) is 10.0 Å². The predicted molar refractivity (Wildman–Crippen MR) is 87.2 cm³/mol. The Balaban J connectivity index is 2.43. The molecule has 1 N–H and O–H groups in total. The van der Waals surface area contributed by atoms with Crippen LogP contribution in [0.3, 0.4) is 0 Å². The van der Waals surface area contributed by atoms with Crippen molar-refractivity contribution in [2.24, 2.45) is 0 Å². The van der Waals surface area contributed by atoms with E-state index in [0.29, 0.717) is 12.1 Å². The van der Waals surface area contributed by atoms with Gasteiger partial charge in [-0.1, -0.05) is 0 Å². The van der Waals surface area contributed by atoms with Gasteiger partial charge in [0.05, 0.1) is 7.11 Å². The van der Waals surface area contributed by atoms with Crippen molar-refractivity contribution in [2.45, 2.75) is 17.9 Å². The minimum Gasteiger partial charge on any atom is -0.495 e. The highest BCUT2D eigenvalue weighted by atomic mass is 32.2. The van der Waals surface area contributed by atoms with Gasteiger partial charge in [-0.25, -0.2) is 12.7 Å². The number of ether oxygens (including phenoxy) is 1. The zero-order chi connectivity index (χ0) is 17.2. The molecule has 128 valence electrons. The van der Waals surface area contributed by atoms with E-state index in [1.807, 2.05) is 6.92 Å². The zero-order valence-electron chi connectivity index (χ0n) is 13.9. The van der Waals surface area contributed by atoms with E-state index in [9.17, 15) is 13.2 Å². The molecule has 23 heavy (non-hydrogen) atoms.